The van der Waals surface area contributed by atoms with E-state index in [1.807, 2.05) is 0 Å². The third-order valence-corrected chi connectivity index (χ3v) is 2.05. The van der Waals surface area contributed by atoms with E-state index in [2.05, 4.69) is 10.4 Å². The predicted octanol–water partition coefficient (Wildman–Crippen LogP) is 0.405. The summed E-state index contributed by atoms with van der Waals surface area (Å²) in [5, 5.41) is 15.0. The number of nitrogens with zero attached hydrogens (tertiary/aromatic N) is 2. The van der Waals surface area contributed by atoms with Crippen LogP contribution in [0.2, 0.25) is 0 Å². The zero-order valence-electron chi connectivity index (χ0n) is 9.14. The van der Waals surface area contributed by atoms with Gasteiger partial charge in [0, 0.05) is 26.2 Å². The van der Waals surface area contributed by atoms with E-state index in [1.54, 1.807) is 24.0 Å². The molecule has 0 saturated heterocycles. The fraction of sp³-hybridized carbons (Fsp3) is 0.500. The van der Waals surface area contributed by atoms with Crippen molar-refractivity contribution < 1.29 is 14.7 Å². The second-order valence-corrected chi connectivity index (χ2v) is 3.48. The van der Waals surface area contributed by atoms with Crippen LogP contribution in [0.15, 0.2) is 12.3 Å². The largest absolute Gasteiger partial charge is 0.481 e. The van der Waals surface area contributed by atoms with E-state index in [1.165, 1.54) is 0 Å². The zero-order chi connectivity index (χ0) is 12.0. The molecule has 0 spiro atoms. The molecule has 0 aliphatic rings. The van der Waals surface area contributed by atoms with Gasteiger partial charge in [0.15, 0.2) is 0 Å². The zero-order valence-corrected chi connectivity index (χ0v) is 9.14. The SMILES string of the molecule is Cn1ccc(C(=O)NCCCCC(=O)O)n1. The number of rotatable bonds is 6. The van der Waals surface area contributed by atoms with Crippen molar-refractivity contribution in [2.75, 3.05) is 6.54 Å². The van der Waals surface area contributed by atoms with Crippen molar-refractivity contribution >= 4 is 11.9 Å². The summed E-state index contributed by atoms with van der Waals surface area (Å²) in [7, 11) is 1.74. The third kappa shape index (κ3) is 4.12. The highest BCUT2D eigenvalue weighted by atomic mass is 16.4. The number of carboxylic acid groups (broad SMARTS) is 1. The van der Waals surface area contributed by atoms with Crippen LogP contribution in [-0.2, 0) is 11.8 Å². The van der Waals surface area contributed by atoms with Crippen LogP contribution in [-0.4, -0.2) is 33.3 Å². The lowest BCUT2D eigenvalue weighted by Crippen LogP contribution is -2.25. The summed E-state index contributed by atoms with van der Waals surface area (Å²) in [6.07, 6.45) is 3.06. The van der Waals surface area contributed by atoms with Crippen molar-refractivity contribution in [1.29, 1.82) is 0 Å². The van der Waals surface area contributed by atoms with Crippen LogP contribution in [0.25, 0.3) is 0 Å². The molecule has 1 heterocycles. The Labute approximate surface area is 93.3 Å². The van der Waals surface area contributed by atoms with Crippen LogP contribution >= 0.6 is 0 Å². The Morgan fingerprint density at radius 2 is 2.25 bits per heavy atom. The fourth-order valence-electron chi connectivity index (χ4n) is 1.23. The molecule has 1 amide bonds. The van der Waals surface area contributed by atoms with Crippen LogP contribution in [0.4, 0.5) is 0 Å². The molecule has 88 valence electrons. The maximum Gasteiger partial charge on any atom is 0.303 e. The number of aliphatic carboxylic acids is 1. The molecule has 6 nitrogen and oxygen atoms in total. The van der Waals surface area contributed by atoms with Gasteiger partial charge in [0.05, 0.1) is 0 Å². The summed E-state index contributed by atoms with van der Waals surface area (Å²) in [5.41, 5.74) is 0.376. The van der Waals surface area contributed by atoms with Gasteiger partial charge in [-0.3, -0.25) is 14.3 Å². The molecule has 0 radical (unpaired) electrons. The number of hydrogen-bond acceptors (Lipinski definition) is 3. The first kappa shape index (κ1) is 12.2. The van der Waals surface area contributed by atoms with Gasteiger partial charge in [-0.25, -0.2) is 0 Å². The van der Waals surface area contributed by atoms with Crippen molar-refractivity contribution in [3.05, 3.63) is 18.0 Å². The molecule has 0 aliphatic carbocycles. The van der Waals surface area contributed by atoms with E-state index in [0.29, 0.717) is 25.1 Å². The minimum atomic E-state index is -0.809. The molecular formula is C10H15N3O3. The van der Waals surface area contributed by atoms with Crippen molar-refractivity contribution in [3.8, 4) is 0 Å². The van der Waals surface area contributed by atoms with Gasteiger partial charge in [-0.1, -0.05) is 0 Å². The van der Waals surface area contributed by atoms with Gasteiger partial charge in [-0.15, -0.1) is 0 Å². The Morgan fingerprint density at radius 3 is 2.81 bits per heavy atom. The van der Waals surface area contributed by atoms with Crippen molar-refractivity contribution in [1.82, 2.24) is 15.1 Å². The highest BCUT2D eigenvalue weighted by molar-refractivity contribution is 5.92. The van der Waals surface area contributed by atoms with Gasteiger partial charge in [0.25, 0.3) is 5.91 Å². The maximum absolute atomic E-state index is 11.5. The molecule has 1 rings (SSSR count). The standard InChI is InChI=1S/C10H15N3O3/c1-13-7-5-8(12-13)10(16)11-6-3-2-4-9(14)15/h5,7H,2-4,6H2,1H3,(H,11,16)(H,14,15). The second-order valence-electron chi connectivity index (χ2n) is 3.48. The quantitative estimate of drug-likeness (QED) is 0.686. The number of carboxylic acids is 1. The number of carbonyl (C=O) groups is 2. The Morgan fingerprint density at radius 1 is 1.50 bits per heavy atom. The van der Waals surface area contributed by atoms with Crippen molar-refractivity contribution in [2.45, 2.75) is 19.3 Å². The topological polar surface area (TPSA) is 84.2 Å². The highest BCUT2D eigenvalue weighted by Crippen LogP contribution is 1.96. The normalized spacial score (nSPS) is 10.1. The number of amides is 1. The Balaban J connectivity index is 2.18. The monoisotopic (exact) mass is 225 g/mol. The van der Waals surface area contributed by atoms with Crippen LogP contribution < -0.4 is 5.32 Å². The first-order valence-electron chi connectivity index (χ1n) is 5.09. The summed E-state index contributed by atoms with van der Waals surface area (Å²) in [6, 6.07) is 1.63. The molecule has 0 aromatic carbocycles. The Bertz CT molecular complexity index is 373. The molecule has 0 unspecified atom stereocenters. The van der Waals surface area contributed by atoms with Gasteiger partial charge in [0.2, 0.25) is 0 Å². The molecule has 0 fully saturated rings. The Hall–Kier alpha value is -1.85. The van der Waals surface area contributed by atoms with Gasteiger partial charge >= 0.3 is 5.97 Å². The van der Waals surface area contributed by atoms with Gasteiger partial charge in [0.1, 0.15) is 5.69 Å². The van der Waals surface area contributed by atoms with Crippen LogP contribution in [0.5, 0.6) is 0 Å². The van der Waals surface area contributed by atoms with E-state index in [4.69, 9.17) is 5.11 Å². The predicted molar refractivity (Wildman–Crippen MR) is 57.0 cm³/mol. The summed E-state index contributed by atoms with van der Waals surface area (Å²) < 4.78 is 1.55. The number of nitrogens with one attached hydrogen (secondary N) is 1. The van der Waals surface area contributed by atoms with Crippen molar-refractivity contribution in [2.24, 2.45) is 7.05 Å². The first-order chi connectivity index (χ1) is 7.59. The van der Waals surface area contributed by atoms with E-state index < -0.39 is 5.97 Å². The molecular weight excluding hydrogens is 210 g/mol. The summed E-state index contributed by atoms with van der Waals surface area (Å²) in [6.45, 7) is 0.475. The number of aryl methyl sites for hydroxylation is 1. The minimum absolute atomic E-state index is 0.138. The second kappa shape index (κ2) is 5.89. The maximum atomic E-state index is 11.5. The fourth-order valence-corrected chi connectivity index (χ4v) is 1.23. The van der Waals surface area contributed by atoms with Gasteiger partial charge in [-0.2, -0.15) is 5.10 Å². The van der Waals surface area contributed by atoms with Crippen molar-refractivity contribution in [3.63, 3.8) is 0 Å². The number of hydrogen-bond donors (Lipinski definition) is 2. The third-order valence-electron chi connectivity index (χ3n) is 2.05. The molecule has 1 aromatic rings. The molecule has 0 saturated carbocycles. The van der Waals surface area contributed by atoms with E-state index in [-0.39, 0.29) is 12.3 Å². The van der Waals surface area contributed by atoms with Crippen LogP contribution in [0, 0.1) is 0 Å². The van der Waals surface area contributed by atoms with E-state index >= 15 is 0 Å². The first-order valence-corrected chi connectivity index (χ1v) is 5.09. The summed E-state index contributed by atoms with van der Waals surface area (Å²) in [5.74, 6) is -1.04. The minimum Gasteiger partial charge on any atom is -0.481 e. The average molecular weight is 225 g/mol. The lowest BCUT2D eigenvalue weighted by molar-refractivity contribution is -0.137. The lowest BCUT2D eigenvalue weighted by Gasteiger charge is -2.01. The van der Waals surface area contributed by atoms with Gasteiger partial charge < -0.3 is 10.4 Å². The number of aromatic nitrogens is 2. The average Bonchev–Trinajstić information content (AvgIpc) is 2.63. The molecule has 6 heteroatoms. The molecule has 2 N–H and O–H groups in total. The summed E-state index contributed by atoms with van der Waals surface area (Å²) >= 11 is 0. The van der Waals surface area contributed by atoms with Crippen LogP contribution in [0.1, 0.15) is 29.8 Å². The number of carbonyl (C=O) groups excluding carboxylic acids is 1. The van der Waals surface area contributed by atoms with E-state index in [9.17, 15) is 9.59 Å². The molecule has 0 atom stereocenters. The molecule has 0 aliphatic heterocycles. The molecule has 0 bridgehead atoms. The lowest BCUT2D eigenvalue weighted by atomic mass is 10.2. The van der Waals surface area contributed by atoms with E-state index in [0.717, 1.165) is 0 Å². The summed E-state index contributed by atoms with van der Waals surface area (Å²) in [4.78, 5) is 21.7. The van der Waals surface area contributed by atoms with Gasteiger partial charge in [-0.05, 0) is 18.9 Å². The molecule has 1 aromatic heterocycles. The number of unbranched alkanes of at least 4 members (excludes halogenated alkanes) is 1. The molecule has 16 heavy (non-hydrogen) atoms. The Kier molecular flexibility index (Phi) is 4.50. The van der Waals surface area contributed by atoms with Crippen LogP contribution in [0.3, 0.4) is 0 Å². The smallest absolute Gasteiger partial charge is 0.303 e. The highest BCUT2D eigenvalue weighted by Gasteiger charge is 2.07.